The first-order chi connectivity index (χ1) is 9.45. The molecule has 1 N–H and O–H groups in total. The van der Waals surface area contributed by atoms with E-state index in [0.29, 0.717) is 24.8 Å². The summed E-state index contributed by atoms with van der Waals surface area (Å²) in [6.45, 7) is 4.08. The van der Waals surface area contributed by atoms with Crippen LogP contribution in [0.3, 0.4) is 0 Å². The number of rotatable bonds is 8. The van der Waals surface area contributed by atoms with Crippen LogP contribution in [-0.4, -0.2) is 32.9 Å². The molecule has 1 aliphatic rings. The van der Waals surface area contributed by atoms with Crippen molar-refractivity contribution < 1.29 is 12.8 Å². The van der Waals surface area contributed by atoms with E-state index in [2.05, 4.69) is 28.2 Å². The summed E-state index contributed by atoms with van der Waals surface area (Å²) in [5.74, 6) is 1.15. The Kier molecular flexibility index (Phi) is 5.28. The molecule has 5 nitrogen and oxygen atoms in total. The molecule has 0 spiro atoms. The number of nitrogens with one attached hydrogen (secondary N) is 1. The lowest BCUT2D eigenvalue weighted by atomic mass is 10.4. The monoisotopic (exact) mass is 364 g/mol. The fourth-order valence-corrected chi connectivity index (χ4v) is 4.18. The van der Waals surface area contributed by atoms with Crippen molar-refractivity contribution in [3.05, 3.63) is 16.5 Å². The Morgan fingerprint density at radius 1 is 1.50 bits per heavy atom. The van der Waals surface area contributed by atoms with Gasteiger partial charge >= 0.3 is 0 Å². The Morgan fingerprint density at radius 2 is 2.20 bits per heavy atom. The number of halogens is 1. The molecule has 1 aromatic rings. The third kappa shape index (κ3) is 3.84. The number of hydrogen-bond donors (Lipinski definition) is 1. The van der Waals surface area contributed by atoms with E-state index < -0.39 is 10.0 Å². The van der Waals surface area contributed by atoms with Gasteiger partial charge in [0, 0.05) is 19.7 Å². The van der Waals surface area contributed by atoms with Gasteiger partial charge in [-0.05, 0) is 47.7 Å². The minimum atomic E-state index is -3.47. The van der Waals surface area contributed by atoms with Crippen LogP contribution in [0.15, 0.2) is 20.0 Å². The first-order valence-corrected chi connectivity index (χ1v) is 9.13. The van der Waals surface area contributed by atoms with Gasteiger partial charge in [-0.2, -0.15) is 0 Å². The van der Waals surface area contributed by atoms with E-state index in [9.17, 15) is 8.42 Å². The zero-order valence-electron chi connectivity index (χ0n) is 11.9. The standard InChI is InChI=1S/C13H21BrN2O3S/c1-3-6-15-8-11-7-12(13(14)19-11)20(17,18)16(2)9-10-4-5-10/h7,10,15H,3-6,8-9H2,1-2H3. The summed E-state index contributed by atoms with van der Waals surface area (Å²) in [5.41, 5.74) is 0. The minimum absolute atomic E-state index is 0.217. The smallest absolute Gasteiger partial charge is 0.247 e. The van der Waals surface area contributed by atoms with Gasteiger partial charge in [0.25, 0.3) is 0 Å². The van der Waals surface area contributed by atoms with Crippen LogP contribution in [0.4, 0.5) is 0 Å². The number of hydrogen-bond acceptors (Lipinski definition) is 4. The van der Waals surface area contributed by atoms with Crippen LogP contribution in [0, 0.1) is 5.92 Å². The number of furan rings is 1. The fourth-order valence-electron chi connectivity index (χ4n) is 1.98. The van der Waals surface area contributed by atoms with E-state index >= 15 is 0 Å². The van der Waals surface area contributed by atoms with Crippen molar-refractivity contribution in [3.8, 4) is 0 Å². The quantitative estimate of drug-likeness (QED) is 0.720. The average Bonchev–Trinajstić information content (AvgIpc) is 3.11. The summed E-state index contributed by atoms with van der Waals surface area (Å²) in [6, 6.07) is 1.60. The molecule has 0 unspecified atom stereocenters. The second-order valence-electron chi connectivity index (χ2n) is 5.26. The van der Waals surface area contributed by atoms with Gasteiger partial charge in [-0.25, -0.2) is 12.7 Å². The van der Waals surface area contributed by atoms with Crippen LogP contribution >= 0.6 is 15.9 Å². The summed E-state index contributed by atoms with van der Waals surface area (Å²) < 4.78 is 32.1. The largest absolute Gasteiger partial charge is 0.452 e. The van der Waals surface area contributed by atoms with E-state index in [0.717, 1.165) is 25.8 Å². The maximum atomic E-state index is 12.5. The lowest BCUT2D eigenvalue weighted by molar-refractivity contribution is 0.444. The Bertz CT molecular complexity index is 552. The van der Waals surface area contributed by atoms with E-state index in [4.69, 9.17) is 4.42 Å². The predicted octanol–water partition coefficient (Wildman–Crippen LogP) is 2.57. The summed E-state index contributed by atoms with van der Waals surface area (Å²) >= 11 is 3.21. The van der Waals surface area contributed by atoms with Crippen molar-refractivity contribution >= 4 is 26.0 Å². The molecule has 0 amide bonds. The Morgan fingerprint density at radius 3 is 2.80 bits per heavy atom. The lowest BCUT2D eigenvalue weighted by Crippen LogP contribution is -2.28. The first-order valence-electron chi connectivity index (χ1n) is 6.90. The molecule has 1 heterocycles. The van der Waals surface area contributed by atoms with Gasteiger partial charge in [-0.15, -0.1) is 0 Å². The fraction of sp³-hybridized carbons (Fsp3) is 0.692. The molecule has 20 heavy (non-hydrogen) atoms. The van der Waals surface area contributed by atoms with Gasteiger partial charge in [-0.1, -0.05) is 6.92 Å². The Labute approximate surface area is 128 Å². The van der Waals surface area contributed by atoms with Gasteiger partial charge in [0.05, 0.1) is 6.54 Å². The molecule has 0 aliphatic heterocycles. The van der Waals surface area contributed by atoms with Gasteiger partial charge in [0.15, 0.2) is 4.67 Å². The summed E-state index contributed by atoms with van der Waals surface area (Å²) in [6.07, 6.45) is 3.27. The topological polar surface area (TPSA) is 62.6 Å². The van der Waals surface area contributed by atoms with Crippen molar-refractivity contribution in [2.75, 3.05) is 20.1 Å². The van der Waals surface area contributed by atoms with E-state index in [1.165, 1.54) is 4.31 Å². The van der Waals surface area contributed by atoms with Crippen LogP contribution in [0.1, 0.15) is 31.9 Å². The number of sulfonamides is 1. The summed E-state index contributed by atoms with van der Waals surface area (Å²) in [5, 5.41) is 3.19. The van der Waals surface area contributed by atoms with Crippen LogP contribution in [0.25, 0.3) is 0 Å². The molecule has 0 bridgehead atoms. The summed E-state index contributed by atoms with van der Waals surface area (Å²) in [7, 11) is -1.84. The SMILES string of the molecule is CCCNCc1cc(S(=O)(=O)N(C)CC2CC2)c(Br)o1. The van der Waals surface area contributed by atoms with E-state index in [1.54, 1.807) is 13.1 Å². The van der Waals surface area contributed by atoms with Crippen molar-refractivity contribution in [1.29, 1.82) is 0 Å². The predicted molar refractivity (Wildman–Crippen MR) is 80.9 cm³/mol. The second kappa shape index (κ2) is 6.60. The zero-order valence-corrected chi connectivity index (χ0v) is 14.3. The molecule has 0 saturated heterocycles. The molecule has 114 valence electrons. The highest BCUT2D eigenvalue weighted by molar-refractivity contribution is 9.10. The van der Waals surface area contributed by atoms with Gasteiger partial charge in [0.2, 0.25) is 10.0 Å². The molecule has 0 aromatic carbocycles. The van der Waals surface area contributed by atoms with Crippen LogP contribution in [0.5, 0.6) is 0 Å². The molecular weight excluding hydrogens is 344 g/mol. The van der Waals surface area contributed by atoms with Gasteiger partial charge in [0.1, 0.15) is 10.7 Å². The Hall–Kier alpha value is -0.370. The molecule has 0 atom stereocenters. The highest BCUT2D eigenvalue weighted by atomic mass is 79.9. The minimum Gasteiger partial charge on any atom is -0.452 e. The molecule has 1 saturated carbocycles. The maximum Gasteiger partial charge on any atom is 0.247 e. The second-order valence-corrected chi connectivity index (χ2v) is 7.99. The molecule has 2 rings (SSSR count). The van der Waals surface area contributed by atoms with Crippen LogP contribution in [0.2, 0.25) is 0 Å². The average molecular weight is 365 g/mol. The molecule has 1 aliphatic carbocycles. The highest BCUT2D eigenvalue weighted by Gasteiger charge is 2.31. The van der Waals surface area contributed by atoms with Gasteiger partial charge < -0.3 is 9.73 Å². The molecular formula is C13H21BrN2O3S. The maximum absolute atomic E-state index is 12.5. The zero-order chi connectivity index (χ0) is 14.8. The summed E-state index contributed by atoms with van der Waals surface area (Å²) in [4.78, 5) is 0.217. The first kappa shape index (κ1) is 16.0. The molecule has 7 heteroatoms. The van der Waals surface area contributed by atoms with Gasteiger partial charge in [-0.3, -0.25) is 0 Å². The molecule has 1 fully saturated rings. The highest BCUT2D eigenvalue weighted by Crippen LogP contribution is 2.33. The van der Waals surface area contributed by atoms with Crippen LogP contribution in [-0.2, 0) is 16.6 Å². The van der Waals surface area contributed by atoms with Crippen molar-refractivity contribution in [3.63, 3.8) is 0 Å². The van der Waals surface area contributed by atoms with E-state index in [-0.39, 0.29) is 9.56 Å². The van der Waals surface area contributed by atoms with Crippen molar-refractivity contribution in [2.24, 2.45) is 5.92 Å². The molecule has 0 radical (unpaired) electrons. The third-order valence-corrected chi connectivity index (χ3v) is 6.01. The lowest BCUT2D eigenvalue weighted by Gasteiger charge is -2.15. The van der Waals surface area contributed by atoms with Crippen molar-refractivity contribution in [1.82, 2.24) is 9.62 Å². The Balaban J connectivity index is 2.09. The van der Waals surface area contributed by atoms with Crippen LogP contribution < -0.4 is 5.32 Å². The normalized spacial score (nSPS) is 16.0. The molecule has 1 aromatic heterocycles. The number of nitrogens with zero attached hydrogens (tertiary/aromatic N) is 1. The van der Waals surface area contributed by atoms with E-state index in [1.807, 2.05) is 0 Å². The van der Waals surface area contributed by atoms with Crippen molar-refractivity contribution in [2.45, 2.75) is 37.6 Å². The third-order valence-electron chi connectivity index (χ3n) is 3.33.